The fourth-order valence-electron chi connectivity index (χ4n) is 1.46. The molecule has 6 heteroatoms. The molecule has 0 aliphatic rings. The number of hydrogen-bond acceptors (Lipinski definition) is 6. The summed E-state index contributed by atoms with van der Waals surface area (Å²) < 4.78 is 55.3. The molecule has 6 N–H and O–H groups in total. The maximum atomic E-state index is 8.78. The normalized spacial score (nSPS) is 22.0. The third-order valence-corrected chi connectivity index (χ3v) is 2.64. The van der Waals surface area contributed by atoms with E-state index in [2.05, 4.69) is 6.92 Å². The third-order valence-electron chi connectivity index (χ3n) is 2.64. The van der Waals surface area contributed by atoms with Gasteiger partial charge in [-0.2, -0.15) is 0 Å². The smallest absolute Gasteiger partial charge is 0.0597 e. The van der Waals surface area contributed by atoms with Crippen LogP contribution in [0.15, 0.2) is 0 Å². The number of aliphatic hydroxyl groups excluding tert-OH is 4. The predicted octanol–water partition coefficient (Wildman–Crippen LogP) is 4.42. The summed E-state index contributed by atoms with van der Waals surface area (Å²) in [5.41, 5.74) is 0. The van der Waals surface area contributed by atoms with Crippen LogP contribution in [0.4, 0.5) is 0 Å². The first-order chi connectivity index (χ1) is 16.5. The molecule has 5 atom stereocenters. The molecule has 0 bridgehead atoms. The van der Waals surface area contributed by atoms with Crippen molar-refractivity contribution in [3.63, 3.8) is 0 Å². The zero-order valence-corrected chi connectivity index (χ0v) is 20.9. The van der Waals surface area contributed by atoms with Crippen molar-refractivity contribution in [2.24, 2.45) is 0 Å². The van der Waals surface area contributed by atoms with Crippen LogP contribution in [0, 0.1) is 0 Å². The molecule has 0 aliphatic carbocycles. The summed E-state index contributed by atoms with van der Waals surface area (Å²) in [6.07, 6.45) is -5.60. The largest absolute Gasteiger partial charge is 0.396 e. The van der Waals surface area contributed by atoms with Gasteiger partial charge in [0.15, 0.2) is 0 Å². The van der Waals surface area contributed by atoms with Crippen molar-refractivity contribution < 1.29 is 41.6 Å². The van der Waals surface area contributed by atoms with E-state index in [1.807, 2.05) is 13.8 Å². The van der Waals surface area contributed by atoms with Gasteiger partial charge in [-0.15, -0.1) is 0 Å². The minimum absolute atomic E-state index is 0.102. The second-order valence-electron chi connectivity index (χ2n) is 6.83. The molecule has 5 unspecified atom stereocenters. The Morgan fingerprint density at radius 3 is 0.967 bits per heavy atom. The molecule has 0 aromatic carbocycles. The lowest BCUT2D eigenvalue weighted by molar-refractivity contribution is 0.148. The first-order valence-electron chi connectivity index (χ1n) is 14.6. The van der Waals surface area contributed by atoms with E-state index in [0.29, 0.717) is 6.42 Å². The summed E-state index contributed by atoms with van der Waals surface area (Å²) in [5.74, 6) is 0. The van der Waals surface area contributed by atoms with Crippen LogP contribution in [0.3, 0.4) is 0 Å². The van der Waals surface area contributed by atoms with Crippen LogP contribution in [0.5, 0.6) is 0 Å². The molecule has 0 rings (SSSR count). The monoisotopic (exact) mass is 450 g/mol. The van der Waals surface area contributed by atoms with Gasteiger partial charge in [0.25, 0.3) is 0 Å². The van der Waals surface area contributed by atoms with Crippen molar-refractivity contribution in [1.82, 2.24) is 0 Å². The molecule has 0 aliphatic heterocycles. The van der Waals surface area contributed by atoms with E-state index in [1.54, 1.807) is 6.92 Å². The summed E-state index contributed by atoms with van der Waals surface area (Å²) in [4.78, 5) is 0. The van der Waals surface area contributed by atoms with Gasteiger partial charge in [0.2, 0.25) is 0 Å². The first-order valence-corrected chi connectivity index (χ1v) is 10.6. The minimum atomic E-state index is -1.85. The third kappa shape index (κ3) is 91.2. The topological polar surface area (TPSA) is 121 Å². The Balaban J connectivity index is -0.000000120. The molecule has 0 spiro atoms. The Morgan fingerprint density at radius 2 is 0.967 bits per heavy atom. The maximum Gasteiger partial charge on any atom is 0.0597 e. The average Bonchev–Trinajstić information content (AvgIpc) is 2.57. The average molecular weight is 451 g/mol. The van der Waals surface area contributed by atoms with Gasteiger partial charge in [0.1, 0.15) is 0 Å². The van der Waals surface area contributed by atoms with Crippen molar-refractivity contribution >= 4 is 0 Å². The Hall–Kier alpha value is -0.240. The molecule has 0 heterocycles. The van der Waals surface area contributed by atoms with E-state index in [1.165, 1.54) is 34.6 Å². The fraction of sp³-hybridized carbons (Fsp3) is 1.00. The highest BCUT2D eigenvalue weighted by Gasteiger charge is 1.89. The van der Waals surface area contributed by atoms with Crippen molar-refractivity contribution in [1.29, 1.82) is 0 Å². The van der Waals surface area contributed by atoms with E-state index in [9.17, 15) is 0 Å². The lowest BCUT2D eigenvalue weighted by Gasteiger charge is -1.95. The fourth-order valence-corrected chi connectivity index (χ4v) is 1.46. The lowest BCUT2D eigenvalue weighted by atomic mass is 10.2. The summed E-state index contributed by atoms with van der Waals surface area (Å²) in [6.45, 7) is 13.6. The Kier molecular flexibility index (Phi) is 27.6. The molecule has 0 radical (unpaired) electrons. The Bertz CT molecular complexity index is 498. The van der Waals surface area contributed by atoms with Crippen LogP contribution in [0.25, 0.3) is 0 Å². The van der Waals surface area contributed by atoms with Crippen LogP contribution in [0.1, 0.15) is 131 Å². The molecule has 0 amide bonds. The summed E-state index contributed by atoms with van der Waals surface area (Å²) in [7, 11) is 0. The molecule has 0 aromatic rings. The van der Waals surface area contributed by atoms with Crippen LogP contribution >= 0.6 is 0 Å². The van der Waals surface area contributed by atoms with Gasteiger partial charge in [-0.1, -0.05) is 53.3 Å². The number of rotatable bonds is 10. The van der Waals surface area contributed by atoms with Gasteiger partial charge >= 0.3 is 0 Å². The molecule has 0 aromatic heterocycles. The molecule has 0 saturated heterocycles. The van der Waals surface area contributed by atoms with E-state index < -0.39 is 50.1 Å². The van der Waals surface area contributed by atoms with E-state index in [4.69, 9.17) is 41.6 Å². The zero-order valence-electron chi connectivity index (χ0n) is 28.9. The summed E-state index contributed by atoms with van der Waals surface area (Å²) >= 11 is 0. The zero-order chi connectivity index (χ0) is 32.2. The summed E-state index contributed by atoms with van der Waals surface area (Å²) in [6, 6.07) is 0. The minimum Gasteiger partial charge on any atom is -0.396 e. The molecular weight excluding hydrogens is 384 g/mol. The highest BCUT2D eigenvalue weighted by molar-refractivity contribution is 4.42. The van der Waals surface area contributed by atoms with Crippen molar-refractivity contribution in [2.45, 2.75) is 150 Å². The number of hydrogen-bond donors (Lipinski definition) is 6. The summed E-state index contributed by atoms with van der Waals surface area (Å²) in [5, 5.41) is 51.4. The highest BCUT2D eigenvalue weighted by Crippen LogP contribution is 1.92. The quantitative estimate of drug-likeness (QED) is 0.293. The standard InChI is InChI=1S/4C5H12O.C4H10O2/c4*1-3-4-5(2)6;1-4(6)2-3-5/h4*5-6H,3-4H2,1-2H3;4-6H,2-3H2,1H3/i3D2,5D;5D;3D2;;2D2. The van der Waals surface area contributed by atoms with Gasteiger partial charge in [0.05, 0.1) is 33.2 Å². The SMILES string of the molecule is CCCC(C)O.[2H]C(C)(O)CCC.[2H]C([2H])(C)CC(C)O.[2H]C([2H])(C)CC([2H])(C)O.[2H]C([2H])(CO)C(C)O. The molecule has 6 nitrogen and oxygen atoms in total. The molecule has 30 heavy (non-hydrogen) atoms. The van der Waals surface area contributed by atoms with Crippen molar-refractivity contribution in [3.8, 4) is 0 Å². The molecule has 0 saturated carbocycles. The van der Waals surface area contributed by atoms with Gasteiger partial charge in [-0.3, -0.25) is 0 Å². The van der Waals surface area contributed by atoms with Crippen LogP contribution in [0.2, 0.25) is 0 Å². The molecular formula is C24H58O6. The maximum absolute atomic E-state index is 8.78. The Labute approximate surface area is 199 Å². The molecule has 0 fully saturated rings. The van der Waals surface area contributed by atoms with Gasteiger partial charge in [-0.25, -0.2) is 0 Å². The van der Waals surface area contributed by atoms with E-state index in [0.717, 1.165) is 19.3 Å². The molecule has 190 valence electrons. The second kappa shape index (κ2) is 36.2. The van der Waals surface area contributed by atoms with E-state index in [-0.39, 0.29) is 18.9 Å². The second-order valence-corrected chi connectivity index (χ2v) is 6.83. The van der Waals surface area contributed by atoms with Gasteiger partial charge in [-0.05, 0) is 66.7 Å². The van der Waals surface area contributed by atoms with Crippen LogP contribution in [-0.2, 0) is 0 Å². The number of aliphatic hydroxyl groups is 6. The van der Waals surface area contributed by atoms with Crippen LogP contribution < -0.4 is 0 Å². The van der Waals surface area contributed by atoms with Gasteiger partial charge < -0.3 is 30.6 Å². The van der Waals surface area contributed by atoms with Crippen molar-refractivity contribution in [3.05, 3.63) is 0 Å². The van der Waals surface area contributed by atoms with Crippen molar-refractivity contribution in [2.75, 3.05) is 6.61 Å². The van der Waals surface area contributed by atoms with E-state index >= 15 is 0 Å². The lowest BCUT2D eigenvalue weighted by Crippen LogP contribution is -2.00. The highest BCUT2D eigenvalue weighted by atomic mass is 16.3. The van der Waals surface area contributed by atoms with Crippen LogP contribution in [-0.4, -0.2) is 67.7 Å². The Morgan fingerprint density at radius 1 is 0.600 bits per heavy atom. The predicted molar refractivity (Wildman–Crippen MR) is 130 cm³/mol. The first kappa shape index (κ1) is 22.9. The van der Waals surface area contributed by atoms with Gasteiger partial charge in [0, 0.05) is 14.8 Å².